The summed E-state index contributed by atoms with van der Waals surface area (Å²) in [5.74, 6) is 0. The van der Waals surface area contributed by atoms with Gasteiger partial charge in [-0.05, 0) is 43.9 Å². The Balaban J connectivity index is 1.71. The Morgan fingerprint density at radius 1 is 1.32 bits per heavy atom. The number of carbonyl (C=O) groups is 1. The van der Waals surface area contributed by atoms with Crippen LogP contribution in [0.2, 0.25) is 5.02 Å². The monoisotopic (exact) mass is 324 g/mol. The molecule has 6 heteroatoms. The summed E-state index contributed by atoms with van der Waals surface area (Å²) in [5, 5.41) is 3.46. The molecule has 2 fully saturated rings. The van der Waals surface area contributed by atoms with E-state index in [-0.39, 0.29) is 18.4 Å². The maximum atomic E-state index is 12.6. The maximum Gasteiger partial charge on any atom is 0.322 e. The largest absolute Gasteiger partial charge is 0.348 e. The molecule has 2 saturated heterocycles. The van der Waals surface area contributed by atoms with E-state index in [0.717, 1.165) is 24.8 Å². The lowest BCUT2D eigenvalue weighted by atomic mass is 10.0. The van der Waals surface area contributed by atoms with E-state index in [1.807, 2.05) is 30.0 Å². The fraction of sp³-hybridized carbons (Fsp3) is 0.562. The first kappa shape index (κ1) is 15.6. The summed E-state index contributed by atoms with van der Waals surface area (Å²) in [4.78, 5) is 14.4. The molecule has 0 aliphatic carbocycles. The lowest BCUT2D eigenvalue weighted by Gasteiger charge is -2.37. The number of anilines is 1. The van der Waals surface area contributed by atoms with E-state index < -0.39 is 0 Å². The Morgan fingerprint density at radius 2 is 2.09 bits per heavy atom. The van der Waals surface area contributed by atoms with Gasteiger partial charge in [-0.3, -0.25) is 0 Å². The molecule has 0 saturated carbocycles. The minimum Gasteiger partial charge on any atom is -0.348 e. The molecule has 0 unspecified atom stereocenters. The van der Waals surface area contributed by atoms with Gasteiger partial charge in [0.25, 0.3) is 0 Å². The molecule has 3 rings (SSSR count). The van der Waals surface area contributed by atoms with Gasteiger partial charge in [-0.1, -0.05) is 17.7 Å². The molecule has 5 nitrogen and oxygen atoms in total. The fourth-order valence-corrected chi connectivity index (χ4v) is 3.28. The minimum atomic E-state index is -0.306. The average molecular weight is 325 g/mol. The van der Waals surface area contributed by atoms with Crippen molar-refractivity contribution in [2.45, 2.75) is 38.5 Å². The van der Waals surface area contributed by atoms with Crippen LogP contribution in [-0.2, 0) is 9.47 Å². The van der Waals surface area contributed by atoms with Crippen LogP contribution in [-0.4, -0.2) is 43.0 Å². The zero-order valence-corrected chi connectivity index (χ0v) is 13.4. The SMILES string of the molecule is Cc1ccc(NC(=O)N2CCCC[C@@H]2C2OCCO2)c(Cl)c1. The number of rotatable bonds is 2. The summed E-state index contributed by atoms with van der Waals surface area (Å²) in [6.45, 7) is 3.87. The van der Waals surface area contributed by atoms with Gasteiger partial charge in [-0.2, -0.15) is 0 Å². The number of carbonyl (C=O) groups excluding carboxylic acids is 1. The molecule has 120 valence electrons. The normalized spacial score (nSPS) is 22.8. The molecule has 2 heterocycles. The Bertz CT molecular complexity index is 546. The highest BCUT2D eigenvalue weighted by atomic mass is 35.5. The number of aryl methyl sites for hydroxylation is 1. The van der Waals surface area contributed by atoms with Crippen molar-refractivity contribution in [1.82, 2.24) is 4.90 Å². The lowest BCUT2D eigenvalue weighted by Crippen LogP contribution is -2.51. The number of likely N-dealkylation sites (tertiary alicyclic amines) is 1. The van der Waals surface area contributed by atoms with Crippen LogP contribution in [0.5, 0.6) is 0 Å². The van der Waals surface area contributed by atoms with Gasteiger partial charge in [0.2, 0.25) is 0 Å². The van der Waals surface area contributed by atoms with Crippen molar-refractivity contribution in [2.75, 3.05) is 25.1 Å². The summed E-state index contributed by atoms with van der Waals surface area (Å²) in [5.41, 5.74) is 1.70. The van der Waals surface area contributed by atoms with E-state index in [4.69, 9.17) is 21.1 Å². The molecule has 0 aromatic heterocycles. The fourth-order valence-electron chi connectivity index (χ4n) is 3.00. The highest BCUT2D eigenvalue weighted by Gasteiger charge is 2.36. The number of hydrogen-bond donors (Lipinski definition) is 1. The Labute approximate surface area is 135 Å². The summed E-state index contributed by atoms with van der Waals surface area (Å²) in [6, 6.07) is 5.43. The van der Waals surface area contributed by atoms with Crippen LogP contribution in [0.3, 0.4) is 0 Å². The van der Waals surface area contributed by atoms with Crippen LogP contribution in [0, 0.1) is 6.92 Å². The zero-order chi connectivity index (χ0) is 15.5. The number of ether oxygens (including phenoxy) is 2. The molecule has 2 amide bonds. The lowest BCUT2D eigenvalue weighted by molar-refractivity contribution is -0.0973. The number of nitrogens with zero attached hydrogens (tertiary/aromatic N) is 1. The summed E-state index contributed by atoms with van der Waals surface area (Å²) in [6.07, 6.45) is 2.68. The van der Waals surface area contributed by atoms with E-state index >= 15 is 0 Å². The van der Waals surface area contributed by atoms with Gasteiger partial charge < -0.3 is 19.7 Å². The number of halogens is 1. The van der Waals surface area contributed by atoms with Crippen LogP contribution < -0.4 is 5.32 Å². The highest BCUT2D eigenvalue weighted by molar-refractivity contribution is 6.33. The molecule has 2 aliphatic rings. The Kier molecular flexibility index (Phi) is 4.86. The second kappa shape index (κ2) is 6.86. The van der Waals surface area contributed by atoms with Gasteiger partial charge in [0.15, 0.2) is 6.29 Å². The predicted octanol–water partition coefficient (Wildman–Crippen LogP) is 3.41. The van der Waals surface area contributed by atoms with Crippen molar-refractivity contribution in [3.8, 4) is 0 Å². The number of nitrogens with one attached hydrogen (secondary N) is 1. The molecular weight excluding hydrogens is 304 g/mol. The van der Waals surface area contributed by atoms with E-state index in [0.29, 0.717) is 30.5 Å². The third-order valence-corrected chi connectivity index (χ3v) is 4.45. The molecule has 0 bridgehead atoms. The summed E-state index contributed by atoms with van der Waals surface area (Å²) in [7, 11) is 0. The number of benzene rings is 1. The second-order valence-corrected chi connectivity index (χ2v) is 6.19. The van der Waals surface area contributed by atoms with Crippen molar-refractivity contribution >= 4 is 23.3 Å². The average Bonchev–Trinajstić information content (AvgIpc) is 3.04. The van der Waals surface area contributed by atoms with Crippen LogP contribution in [0.1, 0.15) is 24.8 Å². The van der Waals surface area contributed by atoms with Crippen LogP contribution in [0.4, 0.5) is 10.5 Å². The molecule has 0 spiro atoms. The molecule has 1 aromatic carbocycles. The third-order valence-electron chi connectivity index (χ3n) is 4.14. The minimum absolute atomic E-state index is 0.0273. The number of hydrogen-bond acceptors (Lipinski definition) is 3. The standard InChI is InChI=1S/C16H21ClN2O3/c1-11-5-6-13(12(17)10-11)18-16(20)19-7-3-2-4-14(19)15-21-8-9-22-15/h5-6,10,14-15H,2-4,7-9H2,1H3,(H,18,20)/t14-/m1/s1. The van der Waals surface area contributed by atoms with Crippen LogP contribution in [0.15, 0.2) is 18.2 Å². The van der Waals surface area contributed by atoms with Crippen molar-refractivity contribution in [2.24, 2.45) is 0 Å². The van der Waals surface area contributed by atoms with Gasteiger partial charge in [0, 0.05) is 6.54 Å². The summed E-state index contributed by atoms with van der Waals surface area (Å²) >= 11 is 6.19. The van der Waals surface area contributed by atoms with Gasteiger partial charge in [0.1, 0.15) is 0 Å². The zero-order valence-electron chi connectivity index (χ0n) is 12.7. The third kappa shape index (κ3) is 3.37. The van der Waals surface area contributed by atoms with Gasteiger partial charge >= 0.3 is 6.03 Å². The van der Waals surface area contributed by atoms with Crippen LogP contribution >= 0.6 is 11.6 Å². The number of piperidine rings is 1. The predicted molar refractivity (Wildman–Crippen MR) is 85.2 cm³/mol. The molecule has 0 radical (unpaired) electrons. The van der Waals surface area contributed by atoms with Crippen molar-refractivity contribution in [3.05, 3.63) is 28.8 Å². The molecular formula is C16H21ClN2O3. The molecule has 2 aliphatic heterocycles. The van der Waals surface area contributed by atoms with Crippen molar-refractivity contribution in [1.29, 1.82) is 0 Å². The maximum absolute atomic E-state index is 12.6. The van der Waals surface area contributed by atoms with E-state index in [1.54, 1.807) is 0 Å². The molecule has 1 aromatic rings. The topological polar surface area (TPSA) is 50.8 Å². The second-order valence-electron chi connectivity index (χ2n) is 5.78. The Hall–Kier alpha value is -1.30. The number of urea groups is 1. The van der Waals surface area contributed by atoms with Gasteiger partial charge in [-0.15, -0.1) is 0 Å². The smallest absolute Gasteiger partial charge is 0.322 e. The first-order valence-corrected chi connectivity index (χ1v) is 8.10. The highest BCUT2D eigenvalue weighted by Crippen LogP contribution is 2.27. The van der Waals surface area contributed by atoms with Crippen LogP contribution in [0.25, 0.3) is 0 Å². The quantitative estimate of drug-likeness (QED) is 0.907. The molecule has 1 atom stereocenters. The molecule has 1 N–H and O–H groups in total. The van der Waals surface area contributed by atoms with Gasteiger partial charge in [-0.25, -0.2) is 4.79 Å². The van der Waals surface area contributed by atoms with E-state index in [1.165, 1.54) is 0 Å². The van der Waals surface area contributed by atoms with Crippen molar-refractivity contribution in [3.63, 3.8) is 0 Å². The van der Waals surface area contributed by atoms with Crippen molar-refractivity contribution < 1.29 is 14.3 Å². The first-order valence-electron chi connectivity index (χ1n) is 7.72. The van der Waals surface area contributed by atoms with E-state index in [2.05, 4.69) is 5.32 Å². The van der Waals surface area contributed by atoms with Gasteiger partial charge in [0.05, 0.1) is 30.0 Å². The summed E-state index contributed by atoms with van der Waals surface area (Å²) < 4.78 is 11.2. The molecule has 22 heavy (non-hydrogen) atoms. The van der Waals surface area contributed by atoms with E-state index in [9.17, 15) is 4.79 Å². The number of amides is 2. The first-order chi connectivity index (χ1) is 10.6. The Morgan fingerprint density at radius 3 is 2.82 bits per heavy atom.